The van der Waals surface area contributed by atoms with Crippen LogP contribution >= 0.6 is 23.2 Å². The molecule has 2 rings (SSSR count). The van der Waals surface area contributed by atoms with Gasteiger partial charge < -0.3 is 5.32 Å². The van der Waals surface area contributed by atoms with E-state index in [1.54, 1.807) is 12.4 Å². The minimum atomic E-state index is -0.531. The van der Waals surface area contributed by atoms with Crippen LogP contribution in [-0.2, 0) is 6.42 Å². The van der Waals surface area contributed by atoms with Crippen LogP contribution in [0.4, 0.5) is 11.4 Å². The van der Waals surface area contributed by atoms with Gasteiger partial charge in [-0.15, -0.1) is 0 Å². The summed E-state index contributed by atoms with van der Waals surface area (Å²) in [6.45, 7) is 0.600. The smallest absolute Gasteiger partial charge is 0.272 e. The van der Waals surface area contributed by atoms with Crippen LogP contribution in [0.2, 0.25) is 10.0 Å². The van der Waals surface area contributed by atoms with Crippen molar-refractivity contribution in [3.05, 3.63) is 62.4 Å². The van der Waals surface area contributed by atoms with Crippen molar-refractivity contribution < 1.29 is 4.92 Å². The van der Waals surface area contributed by atoms with Gasteiger partial charge in [0.1, 0.15) is 0 Å². The van der Waals surface area contributed by atoms with Crippen molar-refractivity contribution in [2.45, 2.75) is 6.42 Å². The van der Waals surface area contributed by atoms with Gasteiger partial charge in [-0.25, -0.2) is 0 Å². The van der Waals surface area contributed by atoms with Gasteiger partial charge in [0.15, 0.2) is 0 Å². The van der Waals surface area contributed by atoms with Gasteiger partial charge in [0.2, 0.25) is 0 Å². The van der Waals surface area contributed by atoms with E-state index in [9.17, 15) is 10.1 Å². The van der Waals surface area contributed by atoms with Gasteiger partial charge in [-0.1, -0.05) is 29.3 Å². The van der Waals surface area contributed by atoms with E-state index < -0.39 is 4.92 Å². The molecule has 1 aromatic carbocycles. The van der Waals surface area contributed by atoms with E-state index in [4.69, 9.17) is 23.2 Å². The Morgan fingerprint density at radius 1 is 1.30 bits per heavy atom. The second-order valence-electron chi connectivity index (χ2n) is 4.08. The third-order valence-electron chi connectivity index (χ3n) is 2.68. The Bertz CT molecular complexity index is 597. The third-order valence-corrected chi connectivity index (χ3v) is 3.27. The molecule has 0 radical (unpaired) electrons. The zero-order valence-corrected chi connectivity index (χ0v) is 11.9. The first-order valence-electron chi connectivity index (χ1n) is 5.84. The number of halogens is 2. The van der Waals surface area contributed by atoms with Crippen molar-refractivity contribution in [2.75, 3.05) is 11.9 Å². The molecule has 0 bridgehead atoms. The predicted molar refractivity (Wildman–Crippen MR) is 79.5 cm³/mol. The normalized spacial score (nSPS) is 10.3. The van der Waals surface area contributed by atoms with Crippen LogP contribution in [0, 0.1) is 10.1 Å². The molecule has 7 heteroatoms. The van der Waals surface area contributed by atoms with Gasteiger partial charge in [0.05, 0.1) is 20.7 Å². The summed E-state index contributed by atoms with van der Waals surface area (Å²) >= 11 is 12.0. The van der Waals surface area contributed by atoms with E-state index in [-0.39, 0.29) is 15.7 Å². The first-order valence-corrected chi connectivity index (χ1v) is 6.59. The van der Waals surface area contributed by atoms with E-state index in [2.05, 4.69) is 10.3 Å². The standard InChI is InChI=1S/C13H11Cl2N3O2/c14-11-6-10(18(19)20)7-12(15)13(11)17-5-3-9-2-1-4-16-8-9/h1-2,4,6-8,17H,3,5H2. The van der Waals surface area contributed by atoms with E-state index in [1.807, 2.05) is 12.1 Å². The lowest BCUT2D eigenvalue weighted by atomic mass is 10.2. The number of pyridine rings is 1. The maximum Gasteiger partial charge on any atom is 0.272 e. The molecule has 1 heterocycles. The fourth-order valence-corrected chi connectivity index (χ4v) is 2.32. The van der Waals surface area contributed by atoms with Crippen LogP contribution in [0.15, 0.2) is 36.7 Å². The summed E-state index contributed by atoms with van der Waals surface area (Å²) in [5.74, 6) is 0. The number of hydrogen-bond donors (Lipinski definition) is 1. The average Bonchev–Trinajstić information content (AvgIpc) is 2.42. The van der Waals surface area contributed by atoms with Crippen LogP contribution in [0.25, 0.3) is 0 Å². The molecule has 0 atom stereocenters. The number of hydrogen-bond acceptors (Lipinski definition) is 4. The number of rotatable bonds is 5. The summed E-state index contributed by atoms with van der Waals surface area (Å²) < 4.78 is 0. The number of nitro benzene ring substituents is 1. The summed E-state index contributed by atoms with van der Waals surface area (Å²) in [6, 6.07) is 6.38. The number of non-ortho nitro benzene ring substituents is 1. The van der Waals surface area contributed by atoms with Crippen molar-refractivity contribution in [1.29, 1.82) is 0 Å². The van der Waals surface area contributed by atoms with Crippen LogP contribution in [-0.4, -0.2) is 16.5 Å². The molecule has 0 saturated heterocycles. The largest absolute Gasteiger partial charge is 0.382 e. The molecule has 0 aliphatic rings. The first kappa shape index (κ1) is 14.6. The molecule has 0 unspecified atom stereocenters. The quantitative estimate of drug-likeness (QED) is 0.670. The second-order valence-corrected chi connectivity index (χ2v) is 4.89. The Morgan fingerprint density at radius 2 is 2.00 bits per heavy atom. The molecule has 1 N–H and O–H groups in total. The van der Waals surface area contributed by atoms with Crippen LogP contribution in [0.5, 0.6) is 0 Å². The highest BCUT2D eigenvalue weighted by molar-refractivity contribution is 6.39. The van der Waals surface area contributed by atoms with Crippen molar-refractivity contribution in [3.63, 3.8) is 0 Å². The third kappa shape index (κ3) is 3.59. The van der Waals surface area contributed by atoms with E-state index >= 15 is 0 Å². The number of nitrogens with one attached hydrogen (secondary N) is 1. The molecule has 104 valence electrons. The second kappa shape index (κ2) is 6.54. The fourth-order valence-electron chi connectivity index (χ4n) is 1.71. The van der Waals surface area contributed by atoms with Crippen LogP contribution in [0.3, 0.4) is 0 Å². The lowest BCUT2D eigenvalue weighted by molar-refractivity contribution is -0.384. The number of anilines is 1. The highest BCUT2D eigenvalue weighted by Crippen LogP contribution is 2.34. The molecule has 0 spiro atoms. The maximum atomic E-state index is 10.7. The number of nitrogens with zero attached hydrogens (tertiary/aromatic N) is 2. The zero-order valence-electron chi connectivity index (χ0n) is 10.3. The van der Waals surface area contributed by atoms with E-state index in [0.29, 0.717) is 12.2 Å². The fraction of sp³-hybridized carbons (Fsp3) is 0.154. The van der Waals surface area contributed by atoms with Gasteiger partial charge in [0, 0.05) is 31.1 Å². The minimum absolute atomic E-state index is 0.127. The minimum Gasteiger partial charge on any atom is -0.382 e. The Kier molecular flexibility index (Phi) is 4.76. The van der Waals surface area contributed by atoms with Gasteiger partial charge in [-0.2, -0.15) is 0 Å². The average molecular weight is 312 g/mol. The molecule has 0 saturated carbocycles. The molecule has 0 amide bonds. The Labute approximate surface area is 125 Å². The van der Waals surface area contributed by atoms with Gasteiger partial charge in [-0.05, 0) is 18.1 Å². The number of aromatic nitrogens is 1. The highest BCUT2D eigenvalue weighted by atomic mass is 35.5. The van der Waals surface area contributed by atoms with E-state index in [0.717, 1.165) is 12.0 Å². The molecule has 20 heavy (non-hydrogen) atoms. The SMILES string of the molecule is O=[N+]([O-])c1cc(Cl)c(NCCc2cccnc2)c(Cl)c1. The number of nitro groups is 1. The predicted octanol–water partition coefficient (Wildman–Crippen LogP) is 3.95. The monoisotopic (exact) mass is 311 g/mol. The Balaban J connectivity index is 2.05. The summed E-state index contributed by atoms with van der Waals surface area (Å²) in [5.41, 5.74) is 1.45. The van der Waals surface area contributed by atoms with Gasteiger partial charge in [0.25, 0.3) is 5.69 Å². The lowest BCUT2D eigenvalue weighted by Crippen LogP contribution is -2.06. The van der Waals surface area contributed by atoms with Crippen LogP contribution in [0.1, 0.15) is 5.56 Å². The highest BCUT2D eigenvalue weighted by Gasteiger charge is 2.14. The zero-order chi connectivity index (χ0) is 14.5. The summed E-state index contributed by atoms with van der Waals surface area (Å²) in [6.07, 6.45) is 4.24. The van der Waals surface area contributed by atoms with Crippen LogP contribution < -0.4 is 5.32 Å². The molecule has 1 aromatic heterocycles. The Morgan fingerprint density at radius 3 is 2.55 bits per heavy atom. The van der Waals surface area contributed by atoms with Crippen molar-refractivity contribution in [2.24, 2.45) is 0 Å². The van der Waals surface area contributed by atoms with Gasteiger partial charge >= 0.3 is 0 Å². The van der Waals surface area contributed by atoms with Crippen molar-refractivity contribution in [3.8, 4) is 0 Å². The molecule has 5 nitrogen and oxygen atoms in total. The summed E-state index contributed by atoms with van der Waals surface area (Å²) in [5, 5.41) is 14.2. The molecular formula is C13H11Cl2N3O2. The lowest BCUT2D eigenvalue weighted by Gasteiger charge is -2.10. The Hall–Kier alpha value is -1.85. The topological polar surface area (TPSA) is 68.1 Å². The summed E-state index contributed by atoms with van der Waals surface area (Å²) in [4.78, 5) is 14.2. The molecule has 0 aliphatic carbocycles. The van der Waals surface area contributed by atoms with Crippen molar-refractivity contribution in [1.82, 2.24) is 4.98 Å². The van der Waals surface area contributed by atoms with Gasteiger partial charge in [-0.3, -0.25) is 15.1 Å². The molecule has 0 fully saturated rings. The van der Waals surface area contributed by atoms with E-state index in [1.165, 1.54) is 12.1 Å². The maximum absolute atomic E-state index is 10.7. The number of benzene rings is 1. The molecule has 2 aromatic rings. The first-order chi connectivity index (χ1) is 9.58. The van der Waals surface area contributed by atoms with Crippen molar-refractivity contribution >= 4 is 34.6 Å². The molecular weight excluding hydrogens is 301 g/mol. The molecule has 0 aliphatic heterocycles. The summed E-state index contributed by atoms with van der Waals surface area (Å²) in [7, 11) is 0.